The van der Waals surface area contributed by atoms with Gasteiger partial charge in [-0.25, -0.2) is 4.79 Å². The molecule has 0 atom stereocenters. The maximum Gasteiger partial charge on any atom is 0.419 e. The minimum absolute atomic E-state index is 0.0228. The first-order valence-electron chi connectivity index (χ1n) is 6.35. The third-order valence-corrected chi connectivity index (χ3v) is 3.68. The first kappa shape index (κ1) is 13.7. The van der Waals surface area contributed by atoms with Gasteiger partial charge in [0.2, 0.25) is 0 Å². The molecule has 2 aromatic rings. The monoisotopic (exact) mass is 263 g/mol. The Labute approximate surface area is 112 Å². The number of nitrogens with zero attached hydrogens (tertiary/aromatic N) is 2. The highest BCUT2D eigenvalue weighted by Crippen LogP contribution is 2.25. The molecule has 1 N–H and O–H groups in total. The third-order valence-electron chi connectivity index (χ3n) is 3.68. The van der Waals surface area contributed by atoms with Crippen LogP contribution in [0.15, 0.2) is 27.4 Å². The molecule has 19 heavy (non-hydrogen) atoms. The molecule has 0 saturated carbocycles. The molecule has 1 aromatic heterocycles. The second-order valence-electron chi connectivity index (χ2n) is 5.48. The number of aryl methyl sites for hydroxylation is 1. The standard InChI is InChI=1S/C14H21N3O2/c1-14(2,9-15-3)17(5)10-6-7-12-11(8-10)16(4)13(18)19-12/h6-8,15H,9H2,1-5H3. The predicted molar refractivity (Wildman–Crippen MR) is 77.9 cm³/mol. The molecule has 0 bridgehead atoms. The van der Waals surface area contributed by atoms with E-state index in [0.29, 0.717) is 5.58 Å². The van der Waals surface area contributed by atoms with E-state index in [1.54, 1.807) is 7.05 Å². The van der Waals surface area contributed by atoms with E-state index >= 15 is 0 Å². The Hall–Kier alpha value is -1.75. The maximum absolute atomic E-state index is 11.5. The van der Waals surface area contributed by atoms with Crippen LogP contribution in [-0.4, -0.2) is 30.7 Å². The molecule has 0 spiro atoms. The zero-order valence-electron chi connectivity index (χ0n) is 12.2. The Morgan fingerprint density at radius 1 is 1.42 bits per heavy atom. The molecule has 1 heterocycles. The lowest BCUT2D eigenvalue weighted by atomic mass is 10.0. The van der Waals surface area contributed by atoms with Crippen LogP contribution in [-0.2, 0) is 7.05 Å². The van der Waals surface area contributed by atoms with E-state index in [2.05, 4.69) is 31.1 Å². The van der Waals surface area contributed by atoms with Gasteiger partial charge in [0.15, 0.2) is 5.58 Å². The first-order chi connectivity index (χ1) is 8.86. The molecule has 0 fully saturated rings. The molecule has 0 aliphatic rings. The van der Waals surface area contributed by atoms with E-state index in [9.17, 15) is 4.79 Å². The molecule has 0 amide bonds. The normalized spacial score (nSPS) is 12.1. The minimum Gasteiger partial charge on any atom is -0.408 e. The molecule has 5 heteroatoms. The minimum atomic E-state index is -0.329. The summed E-state index contributed by atoms with van der Waals surface area (Å²) in [6, 6.07) is 5.80. The zero-order chi connectivity index (χ0) is 14.2. The van der Waals surface area contributed by atoms with Crippen LogP contribution < -0.4 is 16.0 Å². The summed E-state index contributed by atoms with van der Waals surface area (Å²) in [5, 5.41) is 3.20. The average Bonchev–Trinajstić information content (AvgIpc) is 2.64. The number of rotatable bonds is 4. The highest BCUT2D eigenvalue weighted by molar-refractivity contribution is 5.78. The molecule has 0 saturated heterocycles. The molecule has 5 nitrogen and oxygen atoms in total. The molecular formula is C14H21N3O2. The van der Waals surface area contributed by atoms with Crippen molar-refractivity contribution in [2.24, 2.45) is 7.05 Å². The summed E-state index contributed by atoms with van der Waals surface area (Å²) in [5.74, 6) is -0.329. The Balaban J connectivity index is 2.46. The summed E-state index contributed by atoms with van der Waals surface area (Å²) < 4.78 is 6.67. The average molecular weight is 263 g/mol. The number of hydrogen-bond donors (Lipinski definition) is 1. The van der Waals surface area contributed by atoms with Gasteiger partial charge >= 0.3 is 5.76 Å². The van der Waals surface area contributed by atoms with Crippen LogP contribution in [0.2, 0.25) is 0 Å². The van der Waals surface area contributed by atoms with Gasteiger partial charge in [-0.2, -0.15) is 0 Å². The van der Waals surface area contributed by atoms with Gasteiger partial charge in [0.25, 0.3) is 0 Å². The second kappa shape index (κ2) is 4.74. The van der Waals surface area contributed by atoms with Crippen LogP contribution >= 0.6 is 0 Å². The lowest BCUT2D eigenvalue weighted by Crippen LogP contribution is -2.48. The van der Waals surface area contributed by atoms with E-state index in [4.69, 9.17) is 4.42 Å². The van der Waals surface area contributed by atoms with Crippen molar-refractivity contribution in [1.29, 1.82) is 0 Å². The number of hydrogen-bond acceptors (Lipinski definition) is 4. The van der Waals surface area contributed by atoms with E-state index < -0.39 is 0 Å². The van der Waals surface area contributed by atoms with Gasteiger partial charge in [-0.1, -0.05) is 0 Å². The molecule has 0 unspecified atom stereocenters. The number of aromatic nitrogens is 1. The number of benzene rings is 1. The summed E-state index contributed by atoms with van der Waals surface area (Å²) in [6.45, 7) is 5.20. The molecule has 0 aliphatic carbocycles. The Morgan fingerprint density at radius 2 is 2.11 bits per heavy atom. The quantitative estimate of drug-likeness (QED) is 0.909. The van der Waals surface area contributed by atoms with E-state index in [-0.39, 0.29) is 11.3 Å². The van der Waals surface area contributed by atoms with Crippen LogP contribution in [0.4, 0.5) is 5.69 Å². The Kier molecular flexibility index (Phi) is 3.41. The summed E-state index contributed by atoms with van der Waals surface area (Å²) in [4.78, 5) is 13.7. The molecule has 104 valence electrons. The smallest absolute Gasteiger partial charge is 0.408 e. The first-order valence-corrected chi connectivity index (χ1v) is 6.35. The highest BCUT2D eigenvalue weighted by atomic mass is 16.4. The number of nitrogens with one attached hydrogen (secondary N) is 1. The fourth-order valence-electron chi connectivity index (χ4n) is 2.22. The van der Waals surface area contributed by atoms with Crippen LogP contribution in [0, 0.1) is 0 Å². The summed E-state index contributed by atoms with van der Waals surface area (Å²) in [5.41, 5.74) is 2.47. The van der Waals surface area contributed by atoms with Crippen molar-refractivity contribution >= 4 is 16.8 Å². The van der Waals surface area contributed by atoms with Gasteiger partial charge in [0.05, 0.1) is 5.52 Å². The maximum atomic E-state index is 11.5. The van der Waals surface area contributed by atoms with Gasteiger partial charge in [0, 0.05) is 31.9 Å². The van der Waals surface area contributed by atoms with Crippen molar-refractivity contribution in [2.45, 2.75) is 19.4 Å². The van der Waals surface area contributed by atoms with E-state index in [0.717, 1.165) is 17.7 Å². The topological polar surface area (TPSA) is 50.4 Å². The second-order valence-corrected chi connectivity index (χ2v) is 5.48. The lowest BCUT2D eigenvalue weighted by Gasteiger charge is -2.37. The summed E-state index contributed by atoms with van der Waals surface area (Å²) in [6.07, 6.45) is 0. The van der Waals surface area contributed by atoms with Crippen LogP contribution in [0.25, 0.3) is 11.1 Å². The van der Waals surface area contributed by atoms with Crippen molar-refractivity contribution in [3.63, 3.8) is 0 Å². The largest absolute Gasteiger partial charge is 0.419 e. The van der Waals surface area contributed by atoms with Gasteiger partial charge in [-0.05, 0) is 39.1 Å². The number of fused-ring (bicyclic) bond motifs is 1. The van der Waals surface area contributed by atoms with Crippen molar-refractivity contribution in [3.05, 3.63) is 28.7 Å². The molecule has 0 aliphatic heterocycles. The molecular weight excluding hydrogens is 242 g/mol. The third kappa shape index (κ3) is 2.38. The van der Waals surface area contributed by atoms with Crippen molar-refractivity contribution in [1.82, 2.24) is 9.88 Å². The van der Waals surface area contributed by atoms with Crippen LogP contribution in [0.5, 0.6) is 0 Å². The fraction of sp³-hybridized carbons (Fsp3) is 0.500. The number of likely N-dealkylation sites (N-methyl/N-ethyl adjacent to an activating group) is 2. The summed E-state index contributed by atoms with van der Waals surface area (Å²) >= 11 is 0. The molecule has 1 aromatic carbocycles. The van der Waals surface area contributed by atoms with Crippen LogP contribution in [0.3, 0.4) is 0 Å². The Morgan fingerprint density at radius 3 is 2.74 bits per heavy atom. The van der Waals surface area contributed by atoms with Crippen molar-refractivity contribution in [3.8, 4) is 0 Å². The van der Waals surface area contributed by atoms with Gasteiger partial charge in [-0.15, -0.1) is 0 Å². The highest BCUT2D eigenvalue weighted by Gasteiger charge is 2.23. The van der Waals surface area contributed by atoms with Gasteiger partial charge in [0.1, 0.15) is 0 Å². The number of oxazole rings is 1. The SMILES string of the molecule is CNCC(C)(C)N(C)c1ccc2oc(=O)n(C)c2c1. The van der Waals surface area contributed by atoms with E-state index in [1.807, 2.05) is 25.2 Å². The van der Waals surface area contributed by atoms with Crippen molar-refractivity contribution in [2.75, 3.05) is 25.5 Å². The summed E-state index contributed by atoms with van der Waals surface area (Å²) in [7, 11) is 5.71. The predicted octanol–water partition coefficient (Wildman–Crippen LogP) is 1.57. The molecule has 0 radical (unpaired) electrons. The van der Waals surface area contributed by atoms with Crippen LogP contribution in [0.1, 0.15) is 13.8 Å². The van der Waals surface area contributed by atoms with E-state index in [1.165, 1.54) is 4.57 Å². The van der Waals surface area contributed by atoms with Gasteiger partial charge in [-0.3, -0.25) is 4.57 Å². The molecule has 2 rings (SSSR count). The zero-order valence-corrected chi connectivity index (χ0v) is 12.2. The van der Waals surface area contributed by atoms with Crippen molar-refractivity contribution < 1.29 is 4.42 Å². The number of anilines is 1. The van der Waals surface area contributed by atoms with Gasteiger partial charge < -0.3 is 14.6 Å². The lowest BCUT2D eigenvalue weighted by molar-refractivity contribution is 0.463. The Bertz CT molecular complexity index is 640. The fourth-order valence-corrected chi connectivity index (χ4v) is 2.22.